The molecule has 0 fully saturated rings. The van der Waals surface area contributed by atoms with Crippen LogP contribution in [0.1, 0.15) is 78.4 Å². The number of ether oxygens (including phenoxy) is 2. The minimum atomic E-state index is -0.461. The summed E-state index contributed by atoms with van der Waals surface area (Å²) in [6.45, 7) is 14.9. The number of nitrogens with one attached hydrogen (secondary N) is 2. The number of rotatable bonds is 13. The summed E-state index contributed by atoms with van der Waals surface area (Å²) in [5.74, 6) is 1.33. The van der Waals surface area contributed by atoms with Gasteiger partial charge in [0.2, 0.25) is 0 Å². The number of thiocarbonyl (C=S) groups is 1. The van der Waals surface area contributed by atoms with Gasteiger partial charge in [0.15, 0.2) is 5.11 Å². The largest absolute Gasteiger partial charge is 0.494 e. The lowest BCUT2D eigenvalue weighted by atomic mass is 9.76. The normalized spacial score (nSPS) is 11.6. The van der Waals surface area contributed by atoms with Crippen molar-refractivity contribution in [3.63, 3.8) is 0 Å². The van der Waals surface area contributed by atoms with Crippen LogP contribution >= 0.6 is 12.2 Å². The molecule has 36 heavy (non-hydrogen) atoms. The predicted octanol–water partition coefficient (Wildman–Crippen LogP) is 7.12. The Hall–Kier alpha value is -2.87. The molecule has 0 aliphatic heterocycles. The number of hydrogen-bond acceptors (Lipinski definition) is 5. The van der Waals surface area contributed by atoms with Gasteiger partial charge >= 0.3 is 0 Å². The highest BCUT2D eigenvalue weighted by Gasteiger charge is 2.26. The van der Waals surface area contributed by atoms with Crippen LogP contribution < -0.4 is 20.1 Å². The van der Waals surface area contributed by atoms with Gasteiger partial charge in [-0.3, -0.25) is 10.1 Å². The van der Waals surface area contributed by atoms with Gasteiger partial charge in [0, 0.05) is 18.2 Å². The van der Waals surface area contributed by atoms with E-state index in [0.717, 1.165) is 31.4 Å². The van der Waals surface area contributed by atoms with Gasteiger partial charge in [0.25, 0.3) is 5.69 Å². The maximum atomic E-state index is 11.0. The maximum Gasteiger partial charge on any atom is 0.273 e. The molecule has 2 rings (SSSR count). The first-order chi connectivity index (χ1) is 16.9. The molecule has 0 saturated carbocycles. The molecule has 0 aromatic heterocycles. The van der Waals surface area contributed by atoms with Gasteiger partial charge in [-0.2, -0.15) is 0 Å². The minimum Gasteiger partial charge on any atom is -0.494 e. The van der Waals surface area contributed by atoms with Crippen LogP contribution in [0.3, 0.4) is 0 Å². The topological polar surface area (TPSA) is 85.7 Å². The number of nitro benzene ring substituents is 1. The van der Waals surface area contributed by atoms with Gasteiger partial charge in [0.1, 0.15) is 11.5 Å². The third kappa shape index (κ3) is 7.82. The van der Waals surface area contributed by atoms with E-state index in [2.05, 4.69) is 70.4 Å². The summed E-state index contributed by atoms with van der Waals surface area (Å²) >= 11 is 5.36. The number of hydrogen-bond donors (Lipinski definition) is 2. The molecule has 0 bridgehead atoms. The van der Waals surface area contributed by atoms with E-state index < -0.39 is 4.92 Å². The lowest BCUT2D eigenvalue weighted by Crippen LogP contribution is -2.29. The van der Waals surface area contributed by atoms with Crippen molar-refractivity contribution in [2.45, 2.75) is 78.1 Å². The Morgan fingerprint density at radius 1 is 1.00 bits per heavy atom. The molecule has 2 aromatic rings. The number of benzene rings is 2. The fourth-order valence-corrected chi connectivity index (χ4v) is 3.89. The van der Waals surface area contributed by atoms with E-state index in [1.165, 1.54) is 30.4 Å². The molecule has 0 aliphatic rings. The van der Waals surface area contributed by atoms with Crippen molar-refractivity contribution in [1.29, 1.82) is 0 Å². The molecule has 2 aromatic carbocycles. The van der Waals surface area contributed by atoms with E-state index in [1.807, 2.05) is 0 Å². The molecule has 0 radical (unpaired) electrons. The Bertz CT molecular complexity index is 1050. The molecular weight excluding hydrogens is 474 g/mol. The summed E-state index contributed by atoms with van der Waals surface area (Å²) in [5.41, 5.74) is 3.32. The van der Waals surface area contributed by atoms with Crippen LogP contribution in [-0.4, -0.2) is 30.3 Å². The second-order valence-electron chi connectivity index (χ2n) is 10.3. The third-order valence-electron chi connectivity index (χ3n) is 7.02. The Labute approximate surface area is 221 Å². The van der Waals surface area contributed by atoms with Gasteiger partial charge in [-0.15, -0.1) is 0 Å². The highest BCUT2D eigenvalue weighted by Crippen LogP contribution is 2.38. The Kier molecular flexibility index (Phi) is 10.5. The molecule has 0 spiro atoms. The minimum absolute atomic E-state index is 0.0352. The van der Waals surface area contributed by atoms with E-state index in [1.54, 1.807) is 6.07 Å². The van der Waals surface area contributed by atoms with E-state index in [4.69, 9.17) is 21.7 Å². The van der Waals surface area contributed by atoms with Crippen LogP contribution in [-0.2, 0) is 10.8 Å². The highest BCUT2D eigenvalue weighted by molar-refractivity contribution is 7.80. The van der Waals surface area contributed by atoms with Crippen LogP contribution in [0, 0.1) is 10.1 Å². The molecule has 0 amide bonds. The van der Waals surface area contributed by atoms with Crippen LogP contribution in [0.4, 0.5) is 11.4 Å². The molecule has 7 nitrogen and oxygen atoms in total. The molecule has 0 aliphatic carbocycles. The van der Waals surface area contributed by atoms with Crippen molar-refractivity contribution in [2.24, 2.45) is 0 Å². The summed E-state index contributed by atoms with van der Waals surface area (Å²) < 4.78 is 11.5. The first kappa shape index (κ1) is 29.4. The Morgan fingerprint density at radius 3 is 2.31 bits per heavy atom. The molecule has 8 heteroatoms. The first-order valence-electron chi connectivity index (χ1n) is 12.6. The van der Waals surface area contributed by atoms with Crippen molar-refractivity contribution < 1.29 is 14.4 Å². The molecule has 2 N–H and O–H groups in total. The van der Waals surface area contributed by atoms with Gasteiger partial charge in [-0.25, -0.2) is 0 Å². The number of unbranched alkanes of at least 4 members (excludes halogenated alkanes) is 1. The van der Waals surface area contributed by atoms with E-state index in [0.29, 0.717) is 29.7 Å². The van der Waals surface area contributed by atoms with Crippen molar-refractivity contribution in [3.8, 4) is 11.5 Å². The second-order valence-corrected chi connectivity index (χ2v) is 10.7. The molecule has 0 atom stereocenters. The zero-order valence-corrected chi connectivity index (χ0v) is 23.5. The van der Waals surface area contributed by atoms with E-state index in [-0.39, 0.29) is 16.5 Å². The van der Waals surface area contributed by atoms with E-state index in [9.17, 15) is 10.1 Å². The SMILES string of the molecule is CCC(C)(C)c1ccc(OCCCCNC(=S)Nc2ccc([N+](=O)[O-])cc2OC)c(C(C)(C)CC)c1. The smallest absolute Gasteiger partial charge is 0.273 e. The van der Waals surface area contributed by atoms with Crippen molar-refractivity contribution in [2.75, 3.05) is 25.6 Å². The highest BCUT2D eigenvalue weighted by atomic mass is 32.1. The van der Waals surface area contributed by atoms with E-state index >= 15 is 0 Å². The van der Waals surface area contributed by atoms with Crippen molar-refractivity contribution in [1.82, 2.24) is 5.32 Å². The molecule has 198 valence electrons. The first-order valence-corrected chi connectivity index (χ1v) is 13.0. The second kappa shape index (κ2) is 12.9. The fraction of sp³-hybridized carbons (Fsp3) is 0.536. The monoisotopic (exact) mass is 515 g/mol. The number of anilines is 1. The Balaban J connectivity index is 1.88. The number of nitrogens with zero attached hydrogens (tertiary/aromatic N) is 1. The predicted molar refractivity (Wildman–Crippen MR) is 152 cm³/mol. The summed E-state index contributed by atoms with van der Waals surface area (Å²) in [6.07, 6.45) is 3.88. The Morgan fingerprint density at radius 2 is 1.69 bits per heavy atom. The van der Waals surface area contributed by atoms with Crippen LogP contribution in [0.5, 0.6) is 11.5 Å². The number of non-ortho nitro benzene ring substituents is 1. The molecule has 0 unspecified atom stereocenters. The zero-order chi connectivity index (χ0) is 26.9. The van der Waals surface area contributed by atoms with Gasteiger partial charge in [-0.1, -0.05) is 53.7 Å². The third-order valence-corrected chi connectivity index (χ3v) is 7.26. The van der Waals surface area contributed by atoms with Gasteiger partial charge in [0.05, 0.1) is 30.4 Å². The zero-order valence-electron chi connectivity index (χ0n) is 22.7. The number of nitro groups is 1. The van der Waals surface area contributed by atoms with Gasteiger partial charge < -0.3 is 20.1 Å². The summed E-state index contributed by atoms with van der Waals surface area (Å²) in [6, 6.07) is 11.0. The van der Waals surface area contributed by atoms with Crippen molar-refractivity contribution >= 4 is 28.7 Å². The molecule has 0 saturated heterocycles. The van der Waals surface area contributed by atoms with Crippen LogP contribution in [0.2, 0.25) is 0 Å². The molecule has 0 heterocycles. The average molecular weight is 516 g/mol. The molecular formula is C28H41N3O4S. The van der Waals surface area contributed by atoms with Gasteiger partial charge in [-0.05, 0) is 66.4 Å². The quantitative estimate of drug-likeness (QED) is 0.127. The fourth-order valence-electron chi connectivity index (χ4n) is 3.67. The van der Waals surface area contributed by atoms with Crippen LogP contribution in [0.15, 0.2) is 36.4 Å². The standard InChI is InChI=1S/C28H41N3O4S/c1-8-27(3,4)20-12-15-24(22(18-20)28(5,6)9-2)35-17-11-10-16-29-26(36)30-23-14-13-21(31(32)33)19-25(23)34-7/h12-15,18-19H,8-11,16-17H2,1-7H3,(H2,29,30,36). The maximum absolute atomic E-state index is 11.0. The van der Waals surface area contributed by atoms with Crippen LogP contribution in [0.25, 0.3) is 0 Å². The summed E-state index contributed by atoms with van der Waals surface area (Å²) in [4.78, 5) is 10.5. The average Bonchev–Trinajstić information content (AvgIpc) is 2.86. The lowest BCUT2D eigenvalue weighted by molar-refractivity contribution is -0.384. The van der Waals surface area contributed by atoms with Crippen molar-refractivity contribution in [3.05, 3.63) is 57.6 Å². The summed E-state index contributed by atoms with van der Waals surface area (Å²) in [7, 11) is 1.46. The lowest BCUT2D eigenvalue weighted by Gasteiger charge is -2.30. The summed E-state index contributed by atoms with van der Waals surface area (Å²) in [5, 5.41) is 17.6. The number of methoxy groups -OCH3 is 1.